The number of hydrogen-bond acceptors (Lipinski definition) is 2. The number of hydrogen-bond donors (Lipinski definition) is 0. The molecular weight excluding hydrogens is 284 g/mol. The van der Waals surface area contributed by atoms with Crippen LogP contribution in [0.4, 0.5) is 0 Å². The van der Waals surface area contributed by atoms with Crippen LogP contribution in [-0.2, 0) is 9.47 Å². The summed E-state index contributed by atoms with van der Waals surface area (Å²) in [6, 6.07) is 0. The maximum atomic E-state index is 5.98. The highest BCUT2D eigenvalue weighted by Crippen LogP contribution is 2.30. The highest BCUT2D eigenvalue weighted by atomic mass is 16.5. The molecule has 2 nitrogen and oxygen atoms in total. The Morgan fingerprint density at radius 3 is 1.48 bits per heavy atom. The standard InChI is InChI=1S/C21H40O2/c1-7-13-14-21(12-6,17-22-15-19(8-2)9-3)18-23-16-20(10-4)11-5/h15-16H,7-14,17-18H2,1-6H3. The van der Waals surface area contributed by atoms with Gasteiger partial charge in [-0.05, 0) is 49.7 Å². The zero-order chi connectivity index (χ0) is 17.6. The van der Waals surface area contributed by atoms with Crippen molar-refractivity contribution in [2.45, 2.75) is 92.9 Å². The molecule has 0 fully saturated rings. The van der Waals surface area contributed by atoms with Gasteiger partial charge in [0, 0.05) is 5.41 Å². The number of rotatable bonds is 14. The van der Waals surface area contributed by atoms with Crippen LogP contribution >= 0.6 is 0 Å². The van der Waals surface area contributed by atoms with Gasteiger partial charge in [-0.3, -0.25) is 0 Å². The first kappa shape index (κ1) is 22.1. The van der Waals surface area contributed by atoms with Crippen molar-refractivity contribution in [1.29, 1.82) is 0 Å². The molecule has 0 aliphatic heterocycles. The van der Waals surface area contributed by atoms with E-state index in [1.165, 1.54) is 30.4 Å². The summed E-state index contributed by atoms with van der Waals surface area (Å²) < 4.78 is 12.0. The van der Waals surface area contributed by atoms with Crippen LogP contribution in [-0.4, -0.2) is 13.2 Å². The minimum absolute atomic E-state index is 0.127. The lowest BCUT2D eigenvalue weighted by Crippen LogP contribution is -2.30. The lowest BCUT2D eigenvalue weighted by molar-refractivity contribution is 0.0254. The van der Waals surface area contributed by atoms with Crippen LogP contribution in [0, 0.1) is 5.41 Å². The zero-order valence-corrected chi connectivity index (χ0v) is 16.5. The van der Waals surface area contributed by atoms with Gasteiger partial charge in [-0.25, -0.2) is 0 Å². The molecule has 0 unspecified atom stereocenters. The number of allylic oxidation sites excluding steroid dienone is 2. The second kappa shape index (κ2) is 13.5. The minimum atomic E-state index is 0.127. The van der Waals surface area contributed by atoms with Gasteiger partial charge in [0.25, 0.3) is 0 Å². The van der Waals surface area contributed by atoms with Crippen molar-refractivity contribution in [1.82, 2.24) is 0 Å². The van der Waals surface area contributed by atoms with Crippen molar-refractivity contribution in [3.05, 3.63) is 23.7 Å². The predicted molar refractivity (Wildman–Crippen MR) is 101 cm³/mol. The molecule has 0 saturated carbocycles. The summed E-state index contributed by atoms with van der Waals surface area (Å²) in [6.07, 6.45) is 13.0. The Labute approximate surface area is 145 Å². The van der Waals surface area contributed by atoms with E-state index < -0.39 is 0 Å². The summed E-state index contributed by atoms with van der Waals surface area (Å²) in [4.78, 5) is 0. The Balaban J connectivity index is 4.79. The van der Waals surface area contributed by atoms with Gasteiger partial charge in [-0.15, -0.1) is 0 Å². The number of ether oxygens (including phenoxy) is 2. The van der Waals surface area contributed by atoms with Crippen LogP contribution in [0.2, 0.25) is 0 Å². The monoisotopic (exact) mass is 324 g/mol. The third-order valence-electron chi connectivity index (χ3n) is 4.91. The lowest BCUT2D eigenvalue weighted by Gasteiger charge is -2.31. The van der Waals surface area contributed by atoms with E-state index in [1.807, 2.05) is 12.5 Å². The largest absolute Gasteiger partial charge is 0.501 e. The molecule has 136 valence electrons. The van der Waals surface area contributed by atoms with Gasteiger partial charge >= 0.3 is 0 Å². The van der Waals surface area contributed by atoms with E-state index in [4.69, 9.17) is 9.47 Å². The van der Waals surface area contributed by atoms with E-state index in [-0.39, 0.29) is 5.41 Å². The number of unbranched alkanes of at least 4 members (excludes halogenated alkanes) is 1. The third kappa shape index (κ3) is 9.07. The summed E-state index contributed by atoms with van der Waals surface area (Å²) >= 11 is 0. The van der Waals surface area contributed by atoms with E-state index in [1.54, 1.807) is 0 Å². The summed E-state index contributed by atoms with van der Waals surface area (Å²) in [7, 11) is 0. The Morgan fingerprint density at radius 1 is 0.739 bits per heavy atom. The highest BCUT2D eigenvalue weighted by Gasteiger charge is 2.29. The normalized spacial score (nSPS) is 11.0. The fourth-order valence-corrected chi connectivity index (χ4v) is 2.62. The molecule has 23 heavy (non-hydrogen) atoms. The Bertz CT molecular complexity index is 304. The molecule has 0 atom stereocenters. The highest BCUT2D eigenvalue weighted by molar-refractivity contribution is 4.97. The van der Waals surface area contributed by atoms with Crippen LogP contribution in [0.15, 0.2) is 23.7 Å². The molecule has 0 aromatic heterocycles. The van der Waals surface area contributed by atoms with E-state index in [9.17, 15) is 0 Å². The van der Waals surface area contributed by atoms with Crippen molar-refractivity contribution in [2.75, 3.05) is 13.2 Å². The van der Waals surface area contributed by atoms with Crippen LogP contribution in [0.25, 0.3) is 0 Å². The third-order valence-corrected chi connectivity index (χ3v) is 4.91. The lowest BCUT2D eigenvalue weighted by atomic mass is 9.82. The molecule has 0 rings (SSSR count). The molecule has 0 N–H and O–H groups in total. The van der Waals surface area contributed by atoms with Gasteiger partial charge in [0.05, 0.1) is 25.7 Å². The minimum Gasteiger partial charge on any atom is -0.501 e. The van der Waals surface area contributed by atoms with E-state index >= 15 is 0 Å². The van der Waals surface area contributed by atoms with E-state index in [2.05, 4.69) is 41.5 Å². The van der Waals surface area contributed by atoms with Crippen molar-refractivity contribution in [3.63, 3.8) is 0 Å². The van der Waals surface area contributed by atoms with E-state index in [0.29, 0.717) is 0 Å². The second-order valence-electron chi connectivity index (χ2n) is 6.55. The van der Waals surface area contributed by atoms with Crippen LogP contribution in [0.3, 0.4) is 0 Å². The molecule has 0 bridgehead atoms. The Morgan fingerprint density at radius 2 is 1.17 bits per heavy atom. The van der Waals surface area contributed by atoms with Gasteiger partial charge in [0.1, 0.15) is 0 Å². The fourth-order valence-electron chi connectivity index (χ4n) is 2.62. The summed E-state index contributed by atoms with van der Waals surface area (Å²) in [5.41, 5.74) is 2.89. The Hall–Kier alpha value is -0.920. The average Bonchev–Trinajstić information content (AvgIpc) is 2.59. The molecule has 0 amide bonds. The maximum absolute atomic E-state index is 5.98. The molecule has 0 spiro atoms. The molecule has 2 heteroatoms. The van der Waals surface area contributed by atoms with Crippen molar-refractivity contribution in [3.8, 4) is 0 Å². The summed E-state index contributed by atoms with van der Waals surface area (Å²) in [6.45, 7) is 14.8. The Kier molecular flexibility index (Phi) is 13.0. The van der Waals surface area contributed by atoms with Gasteiger partial charge in [0.15, 0.2) is 0 Å². The fraction of sp³-hybridized carbons (Fsp3) is 0.810. The molecule has 0 aromatic rings. The first-order chi connectivity index (χ1) is 11.1. The predicted octanol–water partition coefficient (Wildman–Crippen LogP) is 7.01. The molecule has 0 saturated heterocycles. The van der Waals surface area contributed by atoms with Crippen LogP contribution in [0.5, 0.6) is 0 Å². The zero-order valence-electron chi connectivity index (χ0n) is 16.5. The SMILES string of the molecule is CCCCC(CC)(COC=C(CC)CC)COC=C(CC)CC. The quantitative estimate of drug-likeness (QED) is 0.320. The second-order valence-corrected chi connectivity index (χ2v) is 6.55. The molecule has 0 aliphatic rings. The van der Waals surface area contributed by atoms with Gasteiger partial charge in [0.2, 0.25) is 0 Å². The topological polar surface area (TPSA) is 18.5 Å². The molecule has 0 aliphatic carbocycles. The average molecular weight is 325 g/mol. The van der Waals surface area contributed by atoms with Gasteiger partial charge < -0.3 is 9.47 Å². The molecule has 0 aromatic carbocycles. The maximum Gasteiger partial charge on any atom is 0.0961 e. The van der Waals surface area contributed by atoms with Crippen molar-refractivity contribution >= 4 is 0 Å². The van der Waals surface area contributed by atoms with Gasteiger partial charge in [-0.1, -0.05) is 54.4 Å². The van der Waals surface area contributed by atoms with Crippen LogP contribution in [0.1, 0.15) is 92.9 Å². The van der Waals surface area contributed by atoms with Crippen molar-refractivity contribution in [2.24, 2.45) is 5.41 Å². The first-order valence-corrected chi connectivity index (χ1v) is 9.70. The first-order valence-electron chi connectivity index (χ1n) is 9.70. The molecule has 0 heterocycles. The molecular formula is C21H40O2. The van der Waals surface area contributed by atoms with E-state index in [0.717, 1.165) is 45.3 Å². The smallest absolute Gasteiger partial charge is 0.0961 e. The van der Waals surface area contributed by atoms with Crippen LogP contribution < -0.4 is 0 Å². The van der Waals surface area contributed by atoms with Gasteiger partial charge in [-0.2, -0.15) is 0 Å². The molecule has 0 radical (unpaired) electrons. The summed E-state index contributed by atoms with van der Waals surface area (Å²) in [5.74, 6) is 0. The summed E-state index contributed by atoms with van der Waals surface area (Å²) in [5, 5.41) is 0. The van der Waals surface area contributed by atoms with Crippen molar-refractivity contribution < 1.29 is 9.47 Å².